The fourth-order valence-electron chi connectivity index (χ4n) is 4.04. The number of likely N-dealkylation sites (N-methyl/N-ethyl adjacent to an activating group) is 1. The summed E-state index contributed by atoms with van der Waals surface area (Å²) in [5.74, 6) is 0.684. The topological polar surface area (TPSA) is 53.1 Å². The van der Waals surface area contributed by atoms with E-state index < -0.39 is 10.0 Å². The van der Waals surface area contributed by atoms with Crippen molar-refractivity contribution in [2.75, 3.05) is 51.8 Å². The van der Waals surface area contributed by atoms with E-state index in [9.17, 15) is 8.42 Å². The van der Waals surface area contributed by atoms with Crippen molar-refractivity contribution in [2.24, 2.45) is 0 Å². The van der Waals surface area contributed by atoms with Crippen LogP contribution in [-0.2, 0) is 23.0 Å². The largest absolute Gasteiger partial charge is 0.495 e. The van der Waals surface area contributed by atoms with Gasteiger partial charge in [-0.1, -0.05) is 29.3 Å². The summed E-state index contributed by atoms with van der Waals surface area (Å²) >= 11 is 12.4. The minimum atomic E-state index is -3.66. The summed E-state index contributed by atoms with van der Waals surface area (Å²) in [5, 5.41) is 1.02. The number of sulfonamides is 1. The number of anilines is 1. The average Bonchev–Trinajstić information content (AvgIpc) is 2.76. The molecule has 0 spiro atoms. The Kier molecular flexibility index (Phi) is 6.19. The Morgan fingerprint density at radius 2 is 1.73 bits per heavy atom. The van der Waals surface area contributed by atoms with E-state index in [0.29, 0.717) is 28.8 Å². The molecule has 0 amide bonds. The monoisotopic (exact) mass is 469 g/mol. The highest BCUT2D eigenvalue weighted by molar-refractivity contribution is 7.89. The van der Waals surface area contributed by atoms with Crippen LogP contribution < -0.4 is 9.64 Å². The SMILES string of the molecule is COc1ccc(S(=O)(=O)N2CCc3c(ccc(Cl)c3Cl)C2)cc1N1CCN(C)CC1. The lowest BCUT2D eigenvalue weighted by molar-refractivity contribution is 0.311. The molecule has 2 aliphatic rings. The first-order chi connectivity index (χ1) is 14.3. The summed E-state index contributed by atoms with van der Waals surface area (Å²) < 4.78 is 33.9. The van der Waals surface area contributed by atoms with Gasteiger partial charge in [-0.2, -0.15) is 4.31 Å². The van der Waals surface area contributed by atoms with Crippen LogP contribution in [0.1, 0.15) is 11.1 Å². The van der Waals surface area contributed by atoms with Crippen LogP contribution in [0, 0.1) is 0 Å². The lowest BCUT2D eigenvalue weighted by atomic mass is 10.0. The Morgan fingerprint density at radius 3 is 2.43 bits per heavy atom. The molecule has 0 saturated carbocycles. The second-order valence-electron chi connectivity index (χ2n) is 7.71. The molecule has 2 aliphatic heterocycles. The summed E-state index contributed by atoms with van der Waals surface area (Å²) in [5.41, 5.74) is 2.65. The highest BCUT2D eigenvalue weighted by Gasteiger charge is 2.31. The summed E-state index contributed by atoms with van der Waals surface area (Å²) in [6.45, 7) is 4.15. The lowest BCUT2D eigenvalue weighted by Crippen LogP contribution is -2.44. The third kappa shape index (κ3) is 4.01. The normalized spacial score (nSPS) is 18.3. The predicted octanol–water partition coefficient (Wildman–Crippen LogP) is 3.50. The molecule has 9 heteroatoms. The zero-order valence-corrected chi connectivity index (χ0v) is 19.4. The van der Waals surface area contributed by atoms with E-state index in [0.717, 1.165) is 43.0 Å². The second kappa shape index (κ2) is 8.55. The molecule has 0 unspecified atom stereocenters. The first-order valence-electron chi connectivity index (χ1n) is 9.88. The van der Waals surface area contributed by atoms with Crippen molar-refractivity contribution in [2.45, 2.75) is 17.9 Å². The summed E-state index contributed by atoms with van der Waals surface area (Å²) in [4.78, 5) is 4.72. The van der Waals surface area contributed by atoms with Gasteiger partial charge in [-0.25, -0.2) is 8.42 Å². The zero-order chi connectivity index (χ0) is 21.5. The molecule has 0 atom stereocenters. The number of nitrogens with zero attached hydrogens (tertiary/aromatic N) is 3. The number of rotatable bonds is 4. The molecule has 1 saturated heterocycles. The van der Waals surface area contributed by atoms with Crippen LogP contribution in [0.3, 0.4) is 0 Å². The van der Waals surface area contributed by atoms with E-state index in [1.165, 1.54) is 4.31 Å². The van der Waals surface area contributed by atoms with Crippen molar-refractivity contribution < 1.29 is 13.2 Å². The van der Waals surface area contributed by atoms with Crippen LogP contribution in [0.4, 0.5) is 5.69 Å². The van der Waals surface area contributed by atoms with Crippen molar-refractivity contribution in [3.63, 3.8) is 0 Å². The number of piperazine rings is 1. The summed E-state index contributed by atoms with van der Waals surface area (Å²) in [7, 11) is 0.0370. The van der Waals surface area contributed by atoms with Crippen molar-refractivity contribution in [1.29, 1.82) is 0 Å². The van der Waals surface area contributed by atoms with Gasteiger partial charge in [0.05, 0.1) is 27.7 Å². The highest BCUT2D eigenvalue weighted by atomic mass is 35.5. The van der Waals surface area contributed by atoms with Crippen molar-refractivity contribution in [3.8, 4) is 5.75 Å². The van der Waals surface area contributed by atoms with E-state index >= 15 is 0 Å². The quantitative estimate of drug-likeness (QED) is 0.685. The van der Waals surface area contributed by atoms with Gasteiger partial charge in [0.2, 0.25) is 10.0 Å². The number of methoxy groups -OCH3 is 1. The maximum atomic E-state index is 13.4. The van der Waals surface area contributed by atoms with Crippen molar-refractivity contribution in [3.05, 3.63) is 51.5 Å². The first kappa shape index (κ1) is 21.7. The molecule has 0 radical (unpaired) electrons. The third-order valence-corrected chi connectivity index (χ3v) is 8.57. The number of hydrogen-bond donors (Lipinski definition) is 0. The maximum absolute atomic E-state index is 13.4. The Hall–Kier alpha value is -1.51. The summed E-state index contributed by atoms with van der Waals surface area (Å²) in [6.07, 6.45) is 0.537. The van der Waals surface area contributed by atoms with Crippen LogP contribution in [0.5, 0.6) is 5.75 Å². The van der Waals surface area contributed by atoms with Gasteiger partial charge in [0, 0.05) is 39.3 Å². The third-order valence-electron chi connectivity index (χ3n) is 5.88. The van der Waals surface area contributed by atoms with Gasteiger partial charge in [-0.3, -0.25) is 0 Å². The smallest absolute Gasteiger partial charge is 0.243 e. The molecule has 0 N–H and O–H groups in total. The van der Waals surface area contributed by atoms with Crippen LogP contribution in [0.15, 0.2) is 35.2 Å². The van der Waals surface area contributed by atoms with Gasteiger partial charge in [0.25, 0.3) is 0 Å². The lowest BCUT2D eigenvalue weighted by Gasteiger charge is -2.35. The molecule has 0 aliphatic carbocycles. The highest BCUT2D eigenvalue weighted by Crippen LogP contribution is 2.36. The maximum Gasteiger partial charge on any atom is 0.243 e. The fraction of sp³-hybridized carbons (Fsp3) is 0.429. The van der Waals surface area contributed by atoms with E-state index in [1.54, 1.807) is 31.4 Å². The van der Waals surface area contributed by atoms with Crippen LogP contribution in [-0.4, -0.2) is 64.5 Å². The van der Waals surface area contributed by atoms with E-state index in [-0.39, 0.29) is 11.4 Å². The van der Waals surface area contributed by atoms with E-state index in [4.69, 9.17) is 27.9 Å². The number of benzene rings is 2. The van der Waals surface area contributed by atoms with Gasteiger partial charge in [0.1, 0.15) is 5.75 Å². The van der Waals surface area contributed by atoms with Crippen LogP contribution >= 0.6 is 23.2 Å². The van der Waals surface area contributed by atoms with Gasteiger partial charge in [-0.05, 0) is 48.9 Å². The first-order valence-corrected chi connectivity index (χ1v) is 12.1. The van der Waals surface area contributed by atoms with Crippen molar-refractivity contribution in [1.82, 2.24) is 9.21 Å². The zero-order valence-electron chi connectivity index (χ0n) is 17.1. The summed E-state index contributed by atoms with van der Waals surface area (Å²) in [6, 6.07) is 8.68. The van der Waals surface area contributed by atoms with Crippen LogP contribution in [0.2, 0.25) is 10.0 Å². The van der Waals surface area contributed by atoms with Gasteiger partial charge < -0.3 is 14.5 Å². The molecule has 0 bridgehead atoms. The molecule has 162 valence electrons. The number of hydrogen-bond acceptors (Lipinski definition) is 5. The standard InChI is InChI=1S/C21H25Cl2N3O3S/c1-24-9-11-25(12-10-24)19-13-16(4-6-20(19)29-2)30(27,28)26-8-7-17-15(14-26)3-5-18(22)21(17)23/h3-6,13H,7-12,14H2,1-2H3. The Morgan fingerprint density at radius 1 is 1.00 bits per heavy atom. The number of ether oxygens (including phenoxy) is 1. The average molecular weight is 470 g/mol. The van der Waals surface area contributed by atoms with E-state index in [1.807, 2.05) is 6.07 Å². The Balaban J connectivity index is 1.64. The second-order valence-corrected chi connectivity index (χ2v) is 10.4. The molecule has 2 aromatic carbocycles. The molecule has 1 fully saturated rings. The molecule has 2 aromatic rings. The Bertz CT molecular complexity index is 1050. The molecule has 4 rings (SSSR count). The molecule has 30 heavy (non-hydrogen) atoms. The molecular formula is C21H25Cl2N3O3S. The van der Waals surface area contributed by atoms with Gasteiger partial charge in [-0.15, -0.1) is 0 Å². The van der Waals surface area contributed by atoms with Gasteiger partial charge in [0.15, 0.2) is 0 Å². The molecule has 6 nitrogen and oxygen atoms in total. The number of fused-ring (bicyclic) bond motifs is 1. The minimum absolute atomic E-state index is 0.278. The molecule has 2 heterocycles. The minimum Gasteiger partial charge on any atom is -0.495 e. The van der Waals surface area contributed by atoms with Gasteiger partial charge >= 0.3 is 0 Å². The molecule has 0 aromatic heterocycles. The van der Waals surface area contributed by atoms with E-state index in [2.05, 4.69) is 16.8 Å². The fourth-order valence-corrected chi connectivity index (χ4v) is 5.93. The number of halogens is 2. The Labute approximate surface area is 188 Å². The predicted molar refractivity (Wildman–Crippen MR) is 120 cm³/mol. The van der Waals surface area contributed by atoms with Crippen molar-refractivity contribution >= 4 is 38.9 Å². The van der Waals surface area contributed by atoms with Crippen LogP contribution in [0.25, 0.3) is 0 Å². The molecular weight excluding hydrogens is 445 g/mol.